The van der Waals surface area contributed by atoms with Crippen molar-refractivity contribution < 1.29 is 23.4 Å². The summed E-state index contributed by atoms with van der Waals surface area (Å²) in [4.78, 5) is 0.362. The van der Waals surface area contributed by atoms with Crippen LogP contribution in [0, 0.1) is 23.2 Å². The van der Waals surface area contributed by atoms with Crippen LogP contribution in [0.4, 0.5) is 0 Å². The van der Waals surface area contributed by atoms with Gasteiger partial charge in [-0.2, -0.15) is 0 Å². The first-order valence-corrected chi connectivity index (χ1v) is 15.0. The molecule has 0 amide bonds. The zero-order valence-electron chi connectivity index (χ0n) is 21.9. The summed E-state index contributed by atoms with van der Waals surface area (Å²) in [5.74, 6) is 2.15. The molecule has 3 saturated carbocycles. The Hall–Kier alpha value is -1.89. The molecule has 3 aliphatic rings. The van der Waals surface area contributed by atoms with E-state index in [1.54, 1.807) is 31.4 Å². The fraction of sp³-hybridized carbons (Fsp3) is 0.600. The van der Waals surface area contributed by atoms with Gasteiger partial charge in [0.25, 0.3) is 0 Å². The molecule has 2 N–H and O–H groups in total. The summed E-state index contributed by atoms with van der Waals surface area (Å²) in [6.45, 7) is 8.69. The third kappa shape index (κ3) is 5.51. The van der Waals surface area contributed by atoms with Gasteiger partial charge in [-0.25, -0.2) is 8.42 Å². The van der Waals surface area contributed by atoms with Crippen LogP contribution in [0.25, 0.3) is 0 Å². The van der Waals surface area contributed by atoms with Crippen LogP contribution < -0.4 is 4.74 Å². The van der Waals surface area contributed by atoms with E-state index in [1.807, 2.05) is 0 Å². The number of sulfone groups is 1. The molecule has 3 aliphatic carbocycles. The molecule has 1 aromatic carbocycles. The van der Waals surface area contributed by atoms with E-state index >= 15 is 0 Å². The second-order valence-corrected chi connectivity index (χ2v) is 13.5. The number of aliphatic hydroxyl groups is 2. The maximum absolute atomic E-state index is 13.0. The van der Waals surface area contributed by atoms with Gasteiger partial charge >= 0.3 is 0 Å². The van der Waals surface area contributed by atoms with Crippen LogP contribution in [0.3, 0.4) is 0 Å². The smallest absolute Gasteiger partial charge is 0.178 e. The summed E-state index contributed by atoms with van der Waals surface area (Å²) in [5.41, 5.74) is 3.31. The van der Waals surface area contributed by atoms with E-state index in [1.165, 1.54) is 12.0 Å². The largest absolute Gasteiger partial charge is 0.497 e. The summed E-state index contributed by atoms with van der Waals surface area (Å²) in [5, 5.41) is 20.3. The van der Waals surface area contributed by atoms with Crippen LogP contribution in [-0.4, -0.2) is 43.7 Å². The van der Waals surface area contributed by atoms with Gasteiger partial charge in [0.15, 0.2) is 9.84 Å². The number of hydrogen-bond donors (Lipinski definition) is 2. The Morgan fingerprint density at radius 1 is 1.19 bits per heavy atom. The first-order chi connectivity index (χ1) is 17.0. The quantitative estimate of drug-likeness (QED) is 0.492. The van der Waals surface area contributed by atoms with Crippen molar-refractivity contribution in [3.05, 3.63) is 59.7 Å². The molecule has 3 fully saturated rings. The molecule has 4 rings (SSSR count). The Balaban J connectivity index is 1.44. The van der Waals surface area contributed by atoms with Crippen molar-refractivity contribution in [1.29, 1.82) is 0 Å². The zero-order valence-corrected chi connectivity index (χ0v) is 22.8. The minimum absolute atomic E-state index is 0.166. The molecule has 0 heterocycles. The number of allylic oxidation sites excluding steroid dienone is 3. The van der Waals surface area contributed by atoms with E-state index < -0.39 is 22.0 Å². The van der Waals surface area contributed by atoms with Gasteiger partial charge in [0.05, 0.1) is 30.0 Å². The molecule has 0 spiro atoms. The van der Waals surface area contributed by atoms with Crippen LogP contribution in [0.5, 0.6) is 5.75 Å². The average Bonchev–Trinajstić information content (AvgIpc) is 3.21. The third-order valence-corrected chi connectivity index (χ3v) is 11.0. The van der Waals surface area contributed by atoms with Crippen LogP contribution >= 0.6 is 0 Å². The van der Waals surface area contributed by atoms with E-state index in [0.29, 0.717) is 47.7 Å². The van der Waals surface area contributed by atoms with Gasteiger partial charge in [-0.05, 0) is 104 Å². The highest BCUT2D eigenvalue weighted by Crippen LogP contribution is 2.59. The second-order valence-electron chi connectivity index (χ2n) is 11.4. The van der Waals surface area contributed by atoms with Crippen molar-refractivity contribution >= 4 is 9.84 Å². The third-order valence-electron chi connectivity index (χ3n) is 9.25. The minimum Gasteiger partial charge on any atom is -0.497 e. The molecule has 0 aromatic heterocycles. The van der Waals surface area contributed by atoms with Crippen LogP contribution in [0.1, 0.15) is 65.2 Å². The van der Waals surface area contributed by atoms with Crippen molar-refractivity contribution in [1.82, 2.24) is 0 Å². The summed E-state index contributed by atoms with van der Waals surface area (Å²) < 4.78 is 31.1. The zero-order chi connectivity index (χ0) is 26.1. The SMILES string of the molecule is C=C1C(=CC=C2CCC[C@]3(C)[C@@H]([C@H](C)CCS(=O)(=O)c4ccc(OC)cc4)CC[C@@H]23)C[C@@H](O)C[C@@H]1O. The van der Waals surface area contributed by atoms with Crippen LogP contribution in [-0.2, 0) is 9.84 Å². The number of methoxy groups -OCH3 is 1. The molecule has 0 bridgehead atoms. The lowest BCUT2D eigenvalue weighted by Crippen LogP contribution is -2.36. The van der Waals surface area contributed by atoms with Crippen molar-refractivity contribution in [3.8, 4) is 5.75 Å². The normalized spacial score (nSPS) is 34.1. The van der Waals surface area contributed by atoms with E-state index in [0.717, 1.165) is 36.8 Å². The van der Waals surface area contributed by atoms with E-state index in [9.17, 15) is 18.6 Å². The minimum atomic E-state index is -3.33. The molecule has 198 valence electrons. The van der Waals surface area contributed by atoms with E-state index in [4.69, 9.17) is 4.74 Å². The lowest BCUT2D eigenvalue weighted by Gasteiger charge is -2.44. The maximum Gasteiger partial charge on any atom is 0.178 e. The predicted octanol–water partition coefficient (Wildman–Crippen LogP) is 5.64. The van der Waals surface area contributed by atoms with Gasteiger partial charge in [-0.3, -0.25) is 0 Å². The fourth-order valence-corrected chi connectivity index (χ4v) is 8.59. The first-order valence-electron chi connectivity index (χ1n) is 13.4. The highest BCUT2D eigenvalue weighted by molar-refractivity contribution is 7.91. The van der Waals surface area contributed by atoms with E-state index in [2.05, 4.69) is 32.6 Å². The van der Waals surface area contributed by atoms with Crippen LogP contribution in [0.2, 0.25) is 0 Å². The Morgan fingerprint density at radius 2 is 1.92 bits per heavy atom. The van der Waals surface area contributed by atoms with Gasteiger partial charge < -0.3 is 14.9 Å². The molecular weight excluding hydrogens is 472 g/mol. The Bertz CT molecular complexity index is 1120. The lowest BCUT2D eigenvalue weighted by molar-refractivity contribution is 0.0861. The molecule has 0 unspecified atom stereocenters. The van der Waals surface area contributed by atoms with Crippen molar-refractivity contribution in [2.24, 2.45) is 23.2 Å². The van der Waals surface area contributed by atoms with Gasteiger partial charge in [-0.1, -0.05) is 38.2 Å². The van der Waals surface area contributed by atoms with Crippen LogP contribution in [0.15, 0.2) is 64.6 Å². The van der Waals surface area contributed by atoms with E-state index in [-0.39, 0.29) is 11.2 Å². The highest BCUT2D eigenvalue weighted by Gasteiger charge is 2.50. The standard InChI is InChI=1S/C30H42O5S/c1-20(15-17-36(33,34)26-11-9-25(35-4)10-12-26)27-13-14-28-22(6-5-16-30(27,28)3)7-8-23-18-24(31)19-29(32)21(23)2/h7-12,20,24,27-29,31-32H,2,5-6,13-19H2,1,3-4H3/t20-,24-,27-,28+,29+,30-/m1/s1. The summed E-state index contributed by atoms with van der Waals surface area (Å²) in [6.07, 6.45) is 10.4. The monoisotopic (exact) mass is 514 g/mol. The topological polar surface area (TPSA) is 83.8 Å². The fourth-order valence-electron chi connectivity index (χ4n) is 7.12. The first kappa shape index (κ1) is 27.2. The summed E-state index contributed by atoms with van der Waals surface area (Å²) in [6, 6.07) is 6.68. The van der Waals surface area contributed by atoms with Crippen molar-refractivity contribution in [2.45, 2.75) is 82.3 Å². The second kappa shape index (κ2) is 10.8. The molecule has 5 nitrogen and oxygen atoms in total. The lowest BCUT2D eigenvalue weighted by atomic mass is 9.61. The van der Waals surface area contributed by atoms with Gasteiger partial charge in [0.1, 0.15) is 5.75 Å². The van der Waals surface area contributed by atoms with Crippen molar-refractivity contribution in [3.63, 3.8) is 0 Å². The molecule has 6 atom stereocenters. The number of ether oxygens (including phenoxy) is 1. The van der Waals surface area contributed by atoms with Gasteiger partial charge in [-0.15, -0.1) is 0 Å². The number of rotatable bonds is 7. The molecule has 1 aromatic rings. The molecular formula is C30H42O5S. The molecule has 0 saturated heterocycles. The number of fused-ring (bicyclic) bond motifs is 1. The number of aliphatic hydroxyl groups excluding tert-OH is 2. The summed E-state index contributed by atoms with van der Waals surface area (Å²) in [7, 11) is -1.75. The predicted molar refractivity (Wildman–Crippen MR) is 144 cm³/mol. The molecule has 36 heavy (non-hydrogen) atoms. The Morgan fingerprint density at radius 3 is 2.61 bits per heavy atom. The van der Waals surface area contributed by atoms with Gasteiger partial charge in [0, 0.05) is 6.42 Å². The van der Waals surface area contributed by atoms with Gasteiger partial charge in [0.2, 0.25) is 0 Å². The number of hydrogen-bond acceptors (Lipinski definition) is 5. The average molecular weight is 515 g/mol. The summed E-state index contributed by atoms with van der Waals surface area (Å²) >= 11 is 0. The number of benzene rings is 1. The molecule has 0 radical (unpaired) electrons. The van der Waals surface area contributed by atoms with Crippen molar-refractivity contribution in [2.75, 3.05) is 12.9 Å². The molecule has 6 heteroatoms. The Labute approximate surface area is 216 Å². The molecule has 0 aliphatic heterocycles. The maximum atomic E-state index is 13.0. The Kier molecular flexibility index (Phi) is 8.18. The highest BCUT2D eigenvalue weighted by atomic mass is 32.2.